The van der Waals surface area contributed by atoms with E-state index < -0.39 is 0 Å². The smallest absolute Gasteiger partial charge is 0.222 e. The van der Waals surface area contributed by atoms with Gasteiger partial charge in [-0.1, -0.05) is 12.2 Å². The Bertz CT molecular complexity index is 439. The van der Waals surface area contributed by atoms with Crippen LogP contribution in [0.2, 0.25) is 0 Å². The lowest BCUT2D eigenvalue weighted by atomic mass is 10.3. The minimum absolute atomic E-state index is 0.534. The van der Waals surface area contributed by atoms with Crippen LogP contribution in [0.5, 0.6) is 5.88 Å². The first-order valence-electron chi connectivity index (χ1n) is 6.62. The fraction of sp³-hybridized carbons (Fsp3) is 0.571. The van der Waals surface area contributed by atoms with E-state index in [0.717, 1.165) is 23.8 Å². The van der Waals surface area contributed by atoms with E-state index in [1.165, 1.54) is 12.8 Å². The average molecular weight is 247 g/mol. The summed E-state index contributed by atoms with van der Waals surface area (Å²) in [6.45, 7) is 7.47. The number of nitrogens with zero attached hydrogens (tertiary/aromatic N) is 2. The third-order valence-electron chi connectivity index (χ3n) is 2.96. The summed E-state index contributed by atoms with van der Waals surface area (Å²) in [5.74, 6) is 3.07. The molecule has 0 bridgehead atoms. The maximum absolute atomic E-state index is 5.70. The van der Waals surface area contributed by atoms with Crippen LogP contribution in [0.15, 0.2) is 12.2 Å². The first kappa shape index (κ1) is 12.9. The third kappa shape index (κ3) is 3.00. The Hall–Kier alpha value is -1.58. The molecule has 18 heavy (non-hydrogen) atoms. The van der Waals surface area contributed by atoms with E-state index in [-0.39, 0.29) is 0 Å². The van der Waals surface area contributed by atoms with Gasteiger partial charge in [0.15, 0.2) is 0 Å². The van der Waals surface area contributed by atoms with Gasteiger partial charge in [0, 0.05) is 12.5 Å². The number of rotatable bonds is 6. The fourth-order valence-corrected chi connectivity index (χ4v) is 1.74. The first-order chi connectivity index (χ1) is 8.76. The molecule has 0 aromatic carbocycles. The zero-order chi connectivity index (χ0) is 13.0. The second-order valence-electron chi connectivity index (χ2n) is 4.55. The number of nitrogens with one attached hydrogen (secondary N) is 1. The first-order valence-corrected chi connectivity index (χ1v) is 6.62. The van der Waals surface area contributed by atoms with E-state index in [1.807, 2.05) is 26.0 Å². The Morgan fingerprint density at radius 3 is 2.78 bits per heavy atom. The number of hydrogen-bond acceptors (Lipinski definition) is 4. The number of aromatic nitrogens is 2. The summed E-state index contributed by atoms with van der Waals surface area (Å²) < 4.78 is 5.70. The van der Waals surface area contributed by atoms with Crippen LogP contribution >= 0.6 is 0 Å². The van der Waals surface area contributed by atoms with Crippen molar-refractivity contribution >= 4 is 5.82 Å². The zero-order valence-corrected chi connectivity index (χ0v) is 11.4. The number of allylic oxidation sites excluding steroid dienone is 1. The molecular formula is C14H21N3O. The summed E-state index contributed by atoms with van der Waals surface area (Å²) in [6.07, 6.45) is 6.35. The molecule has 4 nitrogen and oxygen atoms in total. The summed E-state index contributed by atoms with van der Waals surface area (Å²) in [5.41, 5.74) is 0.991. The van der Waals surface area contributed by atoms with Gasteiger partial charge in [-0.05, 0) is 33.6 Å². The van der Waals surface area contributed by atoms with E-state index in [1.54, 1.807) is 0 Å². The highest BCUT2D eigenvalue weighted by Gasteiger charge is 2.28. The molecule has 4 heteroatoms. The highest BCUT2D eigenvalue weighted by molar-refractivity contribution is 5.49. The van der Waals surface area contributed by atoms with Gasteiger partial charge in [0.1, 0.15) is 18.2 Å². The normalized spacial score (nSPS) is 15.1. The lowest BCUT2D eigenvalue weighted by molar-refractivity contribution is 0.343. The van der Waals surface area contributed by atoms with Crippen molar-refractivity contribution in [2.45, 2.75) is 39.5 Å². The summed E-state index contributed by atoms with van der Waals surface area (Å²) in [7, 11) is 0. The largest absolute Gasteiger partial charge is 0.473 e. The molecule has 1 saturated carbocycles. The van der Waals surface area contributed by atoms with Crippen molar-refractivity contribution < 1.29 is 4.74 Å². The zero-order valence-electron chi connectivity index (χ0n) is 11.4. The molecule has 1 aromatic heterocycles. The van der Waals surface area contributed by atoms with Crippen molar-refractivity contribution in [3.63, 3.8) is 0 Å². The molecule has 0 spiro atoms. The van der Waals surface area contributed by atoms with Crippen LogP contribution in [-0.2, 0) is 0 Å². The minimum atomic E-state index is 0.534. The second kappa shape index (κ2) is 5.85. The minimum Gasteiger partial charge on any atom is -0.473 e. The van der Waals surface area contributed by atoms with Crippen molar-refractivity contribution in [3.05, 3.63) is 23.5 Å². The number of hydrogen-bond donors (Lipinski definition) is 1. The maximum Gasteiger partial charge on any atom is 0.222 e. The molecular weight excluding hydrogens is 226 g/mol. The molecule has 2 rings (SSSR count). The van der Waals surface area contributed by atoms with E-state index in [2.05, 4.69) is 22.2 Å². The van der Waals surface area contributed by atoms with Gasteiger partial charge in [-0.2, -0.15) is 4.98 Å². The molecule has 1 aliphatic carbocycles. The molecule has 1 N–H and O–H groups in total. The van der Waals surface area contributed by atoms with Gasteiger partial charge < -0.3 is 10.1 Å². The van der Waals surface area contributed by atoms with Crippen LogP contribution in [0.25, 0.3) is 0 Å². The van der Waals surface area contributed by atoms with Crippen LogP contribution < -0.4 is 10.1 Å². The summed E-state index contributed by atoms with van der Waals surface area (Å²) >= 11 is 0. The Balaban J connectivity index is 2.24. The van der Waals surface area contributed by atoms with Gasteiger partial charge in [-0.15, -0.1) is 0 Å². The van der Waals surface area contributed by atoms with Gasteiger partial charge in [-0.3, -0.25) is 0 Å². The molecule has 1 heterocycles. The van der Waals surface area contributed by atoms with E-state index in [0.29, 0.717) is 18.4 Å². The average Bonchev–Trinajstić information content (AvgIpc) is 3.18. The quantitative estimate of drug-likeness (QED) is 0.785. The molecule has 0 atom stereocenters. The molecule has 0 amide bonds. The van der Waals surface area contributed by atoms with E-state index >= 15 is 0 Å². The van der Waals surface area contributed by atoms with Crippen molar-refractivity contribution in [3.8, 4) is 5.88 Å². The number of ether oxygens (including phenoxy) is 1. The highest BCUT2D eigenvalue weighted by Crippen LogP contribution is 2.39. The molecule has 1 aromatic rings. The van der Waals surface area contributed by atoms with Crippen LogP contribution in [0.3, 0.4) is 0 Å². The molecule has 98 valence electrons. The van der Waals surface area contributed by atoms with Gasteiger partial charge in [0.05, 0.1) is 5.56 Å². The van der Waals surface area contributed by atoms with Gasteiger partial charge in [0.2, 0.25) is 5.88 Å². The molecule has 0 radical (unpaired) electrons. The van der Waals surface area contributed by atoms with Crippen molar-refractivity contribution in [1.82, 2.24) is 9.97 Å². The van der Waals surface area contributed by atoms with Crippen LogP contribution in [0.1, 0.15) is 44.0 Å². The number of anilines is 1. The predicted molar refractivity (Wildman–Crippen MR) is 73.2 cm³/mol. The molecule has 1 fully saturated rings. The van der Waals surface area contributed by atoms with Gasteiger partial charge in [-0.25, -0.2) is 4.98 Å². The standard InChI is InChI=1S/C14H21N3O/c1-4-6-9-18-14-10(3)12(15-5-2)16-13(17-14)11-7-8-11/h4,6,11H,5,7-9H2,1-3H3,(H,15,16,17)/b6-4+. The second-order valence-corrected chi connectivity index (χ2v) is 4.55. The maximum atomic E-state index is 5.70. The Morgan fingerprint density at radius 1 is 1.39 bits per heavy atom. The fourth-order valence-electron chi connectivity index (χ4n) is 1.74. The van der Waals surface area contributed by atoms with Crippen LogP contribution in [-0.4, -0.2) is 23.1 Å². The van der Waals surface area contributed by atoms with Crippen LogP contribution in [0.4, 0.5) is 5.82 Å². The molecule has 1 aliphatic rings. The van der Waals surface area contributed by atoms with Crippen molar-refractivity contribution in [2.75, 3.05) is 18.5 Å². The van der Waals surface area contributed by atoms with Crippen LogP contribution in [0, 0.1) is 6.92 Å². The lowest BCUT2D eigenvalue weighted by Gasteiger charge is -2.13. The van der Waals surface area contributed by atoms with Crippen molar-refractivity contribution in [2.24, 2.45) is 0 Å². The van der Waals surface area contributed by atoms with E-state index in [9.17, 15) is 0 Å². The lowest BCUT2D eigenvalue weighted by Crippen LogP contribution is -2.09. The van der Waals surface area contributed by atoms with Crippen molar-refractivity contribution in [1.29, 1.82) is 0 Å². The SMILES string of the molecule is C/C=C/COc1nc(C2CC2)nc(NCC)c1C. The van der Waals surface area contributed by atoms with Gasteiger partial charge in [0.25, 0.3) is 0 Å². The van der Waals surface area contributed by atoms with E-state index in [4.69, 9.17) is 4.74 Å². The topological polar surface area (TPSA) is 47.0 Å². The van der Waals surface area contributed by atoms with Gasteiger partial charge >= 0.3 is 0 Å². The highest BCUT2D eigenvalue weighted by atomic mass is 16.5. The predicted octanol–water partition coefficient (Wildman–Crippen LogP) is 3.05. The molecule has 0 saturated heterocycles. The monoisotopic (exact) mass is 247 g/mol. The molecule has 0 unspecified atom stereocenters. The summed E-state index contributed by atoms with van der Waals surface area (Å²) in [4.78, 5) is 9.13. The Kier molecular flexibility index (Phi) is 4.18. The summed E-state index contributed by atoms with van der Waals surface area (Å²) in [6, 6.07) is 0. The molecule has 0 aliphatic heterocycles. The summed E-state index contributed by atoms with van der Waals surface area (Å²) in [5, 5.41) is 3.28. The third-order valence-corrected chi connectivity index (χ3v) is 2.96. The Morgan fingerprint density at radius 2 is 2.17 bits per heavy atom. The Labute approximate surface area is 108 Å².